The van der Waals surface area contributed by atoms with Crippen molar-refractivity contribution in [2.45, 2.75) is 61.9 Å². The van der Waals surface area contributed by atoms with Crippen LogP contribution in [0, 0.1) is 0 Å². The van der Waals surface area contributed by atoms with Gasteiger partial charge >= 0.3 is 0 Å². The van der Waals surface area contributed by atoms with E-state index < -0.39 is 10.0 Å². The van der Waals surface area contributed by atoms with E-state index in [1.807, 2.05) is 0 Å². The minimum absolute atomic E-state index is 0.0348. The molecule has 2 fully saturated rings. The number of carbonyl (C=O) groups is 1. The van der Waals surface area contributed by atoms with E-state index in [1.54, 1.807) is 36.4 Å². The summed E-state index contributed by atoms with van der Waals surface area (Å²) in [7, 11) is -2.39. The molecule has 1 heterocycles. The zero-order valence-corrected chi connectivity index (χ0v) is 19.9. The number of methoxy groups -OCH3 is 1. The van der Waals surface area contributed by atoms with Crippen LogP contribution in [0.5, 0.6) is 5.75 Å². The minimum Gasteiger partial charge on any atom is -0.495 e. The van der Waals surface area contributed by atoms with Gasteiger partial charge in [0.25, 0.3) is 15.9 Å². The Bertz CT molecular complexity index is 1060. The van der Waals surface area contributed by atoms with Crippen molar-refractivity contribution in [1.29, 1.82) is 0 Å². The Morgan fingerprint density at radius 2 is 1.76 bits per heavy atom. The second-order valence-electron chi connectivity index (χ2n) is 8.93. The van der Waals surface area contributed by atoms with Crippen LogP contribution in [-0.2, 0) is 10.0 Å². The van der Waals surface area contributed by atoms with Crippen molar-refractivity contribution in [3.63, 3.8) is 0 Å². The predicted octanol–water partition coefficient (Wildman–Crippen LogP) is 4.02. The number of carbonyl (C=O) groups excluding carboxylic acids is 1. The van der Waals surface area contributed by atoms with Crippen LogP contribution in [0.4, 0.5) is 5.69 Å². The largest absolute Gasteiger partial charge is 0.495 e. The van der Waals surface area contributed by atoms with Crippen molar-refractivity contribution in [2.24, 2.45) is 0 Å². The van der Waals surface area contributed by atoms with Crippen LogP contribution in [0.3, 0.4) is 0 Å². The van der Waals surface area contributed by atoms with Gasteiger partial charge in [0.05, 0.1) is 17.7 Å². The zero-order valence-electron chi connectivity index (χ0n) is 19.1. The van der Waals surface area contributed by atoms with E-state index in [1.165, 1.54) is 57.8 Å². The second-order valence-corrected chi connectivity index (χ2v) is 10.6. The fraction of sp³-hybridized carbons (Fsp3) is 0.480. The molecule has 0 spiro atoms. The van der Waals surface area contributed by atoms with Gasteiger partial charge < -0.3 is 10.1 Å². The van der Waals surface area contributed by atoms with Gasteiger partial charge in [-0.2, -0.15) is 0 Å². The lowest BCUT2D eigenvalue weighted by atomic mass is 10.1. The number of para-hydroxylation sites is 2. The summed E-state index contributed by atoms with van der Waals surface area (Å²) in [6.07, 6.45) is 8.67. The summed E-state index contributed by atoms with van der Waals surface area (Å²) in [6, 6.07) is 13.7. The molecular formula is C25H33N3O4S. The number of benzene rings is 2. The fourth-order valence-corrected chi connectivity index (χ4v) is 5.98. The van der Waals surface area contributed by atoms with E-state index >= 15 is 0 Å². The molecule has 1 amide bonds. The van der Waals surface area contributed by atoms with Crippen LogP contribution in [0.25, 0.3) is 0 Å². The summed E-state index contributed by atoms with van der Waals surface area (Å²) in [5.74, 6) is 0.187. The van der Waals surface area contributed by atoms with E-state index in [9.17, 15) is 13.2 Å². The molecule has 7 nitrogen and oxygen atoms in total. The summed E-state index contributed by atoms with van der Waals surface area (Å²) in [5.41, 5.74) is 0.685. The van der Waals surface area contributed by atoms with Gasteiger partial charge in [-0.3, -0.25) is 14.4 Å². The molecule has 8 heteroatoms. The van der Waals surface area contributed by atoms with E-state index in [-0.39, 0.29) is 16.8 Å². The van der Waals surface area contributed by atoms with Crippen molar-refractivity contribution >= 4 is 21.6 Å². The molecule has 1 saturated heterocycles. The van der Waals surface area contributed by atoms with Gasteiger partial charge in [0.2, 0.25) is 0 Å². The van der Waals surface area contributed by atoms with Crippen LogP contribution in [0.2, 0.25) is 0 Å². The molecule has 4 rings (SSSR count). The lowest BCUT2D eigenvalue weighted by molar-refractivity contribution is 0.0935. The molecule has 178 valence electrons. The fourth-order valence-electron chi connectivity index (χ4n) is 4.87. The van der Waals surface area contributed by atoms with Crippen molar-refractivity contribution < 1.29 is 17.9 Å². The van der Waals surface area contributed by atoms with Crippen molar-refractivity contribution in [1.82, 2.24) is 10.2 Å². The Morgan fingerprint density at radius 1 is 1.00 bits per heavy atom. The number of nitrogens with zero attached hydrogens (tertiary/aromatic N) is 1. The molecule has 2 N–H and O–H groups in total. The third kappa shape index (κ3) is 5.86. The highest BCUT2D eigenvalue weighted by Gasteiger charge is 2.29. The zero-order chi connectivity index (χ0) is 23.3. The Kier molecular flexibility index (Phi) is 7.55. The molecule has 1 saturated carbocycles. The average Bonchev–Trinajstić information content (AvgIpc) is 3.11. The summed E-state index contributed by atoms with van der Waals surface area (Å²) < 4.78 is 33.6. The molecule has 0 aromatic heterocycles. The summed E-state index contributed by atoms with van der Waals surface area (Å²) in [5, 5.41) is 3.11. The first-order valence-corrected chi connectivity index (χ1v) is 13.3. The lowest BCUT2D eigenvalue weighted by Gasteiger charge is -2.26. The average molecular weight is 472 g/mol. The number of ether oxygens (including phenoxy) is 1. The minimum atomic E-state index is -3.87. The number of amides is 1. The van der Waals surface area contributed by atoms with Gasteiger partial charge in [-0.1, -0.05) is 43.9 Å². The van der Waals surface area contributed by atoms with Crippen molar-refractivity contribution in [3.05, 3.63) is 54.1 Å². The summed E-state index contributed by atoms with van der Waals surface area (Å²) in [4.78, 5) is 15.5. The molecule has 1 aliphatic heterocycles. The monoisotopic (exact) mass is 471 g/mol. The first-order chi connectivity index (χ1) is 16.0. The second kappa shape index (κ2) is 10.6. The van der Waals surface area contributed by atoms with E-state index in [2.05, 4.69) is 14.9 Å². The third-order valence-corrected chi connectivity index (χ3v) is 8.02. The van der Waals surface area contributed by atoms with Gasteiger partial charge in [0, 0.05) is 30.7 Å². The van der Waals surface area contributed by atoms with Crippen LogP contribution < -0.4 is 14.8 Å². The molecule has 2 aromatic carbocycles. The SMILES string of the molecule is COc1ccccc1NS(=O)(=O)c1cccc(C(=O)N[C@@H]2CCN(C3CCCCCC3)C2)c1. The van der Waals surface area contributed by atoms with E-state index in [0.29, 0.717) is 23.0 Å². The number of nitrogens with one attached hydrogen (secondary N) is 2. The van der Waals surface area contributed by atoms with Gasteiger partial charge in [-0.25, -0.2) is 8.42 Å². The Labute approximate surface area is 196 Å². The molecule has 1 atom stereocenters. The standard InChI is InChI=1S/C25H33N3O4S/c1-32-24-14-7-6-13-23(24)27-33(30,31)22-12-8-9-19(17-22)25(29)26-20-15-16-28(18-20)21-10-4-2-3-5-11-21/h6-9,12-14,17,20-21,27H,2-5,10-11,15-16,18H2,1H3,(H,26,29)/t20-/m1/s1. The van der Waals surface area contributed by atoms with Crippen LogP contribution >= 0.6 is 0 Å². The maximum atomic E-state index is 12.9. The number of hydrogen-bond donors (Lipinski definition) is 2. The quantitative estimate of drug-likeness (QED) is 0.596. The normalized spacial score (nSPS) is 20.2. The first kappa shape index (κ1) is 23.6. The maximum Gasteiger partial charge on any atom is 0.262 e. The van der Waals surface area contributed by atoms with Crippen LogP contribution in [0.1, 0.15) is 55.3 Å². The third-order valence-electron chi connectivity index (χ3n) is 6.65. The molecule has 2 aromatic rings. The van der Waals surface area contributed by atoms with E-state index in [0.717, 1.165) is 19.5 Å². The molecule has 0 bridgehead atoms. The highest BCUT2D eigenvalue weighted by molar-refractivity contribution is 7.92. The van der Waals surface area contributed by atoms with Crippen LogP contribution in [-0.4, -0.2) is 51.5 Å². The molecule has 2 aliphatic rings. The van der Waals surface area contributed by atoms with Gasteiger partial charge in [0.15, 0.2) is 0 Å². The van der Waals surface area contributed by atoms with Crippen LogP contribution in [0.15, 0.2) is 53.4 Å². The van der Waals surface area contributed by atoms with Gasteiger partial charge in [-0.05, 0) is 49.6 Å². The maximum absolute atomic E-state index is 12.9. The number of likely N-dealkylation sites (tertiary alicyclic amines) is 1. The topological polar surface area (TPSA) is 87.7 Å². The van der Waals surface area contributed by atoms with Crippen molar-refractivity contribution in [2.75, 3.05) is 24.9 Å². The van der Waals surface area contributed by atoms with Gasteiger partial charge in [-0.15, -0.1) is 0 Å². The molecule has 1 aliphatic carbocycles. The Balaban J connectivity index is 1.40. The lowest BCUT2D eigenvalue weighted by Crippen LogP contribution is -2.39. The number of rotatable bonds is 7. The molecular weight excluding hydrogens is 438 g/mol. The summed E-state index contributed by atoms with van der Waals surface area (Å²) >= 11 is 0. The predicted molar refractivity (Wildman–Crippen MR) is 129 cm³/mol. The Hall–Kier alpha value is -2.58. The molecule has 0 radical (unpaired) electrons. The van der Waals surface area contributed by atoms with Gasteiger partial charge in [0.1, 0.15) is 5.75 Å². The smallest absolute Gasteiger partial charge is 0.262 e. The number of anilines is 1. The van der Waals surface area contributed by atoms with Crippen molar-refractivity contribution in [3.8, 4) is 5.75 Å². The molecule has 33 heavy (non-hydrogen) atoms. The number of hydrogen-bond acceptors (Lipinski definition) is 5. The Morgan fingerprint density at radius 3 is 2.52 bits per heavy atom. The summed E-state index contributed by atoms with van der Waals surface area (Å²) in [6.45, 7) is 1.87. The molecule has 0 unspecified atom stereocenters. The first-order valence-electron chi connectivity index (χ1n) is 11.8. The highest BCUT2D eigenvalue weighted by atomic mass is 32.2. The highest BCUT2D eigenvalue weighted by Crippen LogP contribution is 2.27. The number of sulfonamides is 1. The van der Waals surface area contributed by atoms with E-state index in [4.69, 9.17) is 4.74 Å².